The average Bonchev–Trinajstić information content (AvgIpc) is 2.46. The highest BCUT2D eigenvalue weighted by atomic mass is 16.1. The lowest BCUT2D eigenvalue weighted by atomic mass is 10.2. The third-order valence-electron chi connectivity index (χ3n) is 2.44. The van der Waals surface area contributed by atoms with Gasteiger partial charge in [-0.05, 0) is 20.3 Å². The Morgan fingerprint density at radius 2 is 2.31 bits per heavy atom. The van der Waals surface area contributed by atoms with Crippen molar-refractivity contribution in [1.29, 1.82) is 0 Å². The Hall–Kier alpha value is -1.12. The molecule has 72 valence electrons. The summed E-state index contributed by atoms with van der Waals surface area (Å²) in [4.78, 5) is 15.2. The Morgan fingerprint density at radius 3 is 2.69 bits per heavy atom. The number of hydrogen-bond acceptors (Lipinski definition) is 2. The van der Waals surface area contributed by atoms with Gasteiger partial charge in [0, 0.05) is 18.7 Å². The van der Waals surface area contributed by atoms with Crippen LogP contribution in [0, 0.1) is 6.92 Å². The van der Waals surface area contributed by atoms with Crippen LogP contribution in [0.3, 0.4) is 0 Å². The van der Waals surface area contributed by atoms with E-state index < -0.39 is 0 Å². The number of aromatic nitrogens is 2. The van der Waals surface area contributed by atoms with Gasteiger partial charge in [0.2, 0.25) is 0 Å². The van der Waals surface area contributed by atoms with Crippen molar-refractivity contribution in [2.75, 3.05) is 0 Å². The van der Waals surface area contributed by atoms with Crippen LogP contribution in [-0.2, 0) is 0 Å². The van der Waals surface area contributed by atoms with E-state index in [-0.39, 0.29) is 5.78 Å². The van der Waals surface area contributed by atoms with E-state index in [1.54, 1.807) is 13.3 Å². The van der Waals surface area contributed by atoms with E-state index in [1.807, 2.05) is 6.92 Å². The molecule has 0 radical (unpaired) electrons. The van der Waals surface area contributed by atoms with Crippen molar-refractivity contribution < 1.29 is 4.79 Å². The van der Waals surface area contributed by atoms with Crippen molar-refractivity contribution in [2.45, 2.75) is 40.2 Å². The Morgan fingerprint density at radius 1 is 1.69 bits per heavy atom. The molecule has 1 aromatic rings. The van der Waals surface area contributed by atoms with Crippen LogP contribution in [0.5, 0.6) is 0 Å². The molecule has 0 saturated heterocycles. The van der Waals surface area contributed by atoms with E-state index in [9.17, 15) is 4.79 Å². The number of Topliss-reactive ketones (excluding diaryl/α,β-unsaturated/α-hetero) is 1. The first-order valence-corrected chi connectivity index (χ1v) is 4.62. The van der Waals surface area contributed by atoms with E-state index in [1.165, 1.54) is 0 Å². The van der Waals surface area contributed by atoms with Crippen LogP contribution in [0.2, 0.25) is 0 Å². The predicted octanol–water partition coefficient (Wildman–Crippen LogP) is 2.37. The fourth-order valence-electron chi connectivity index (χ4n) is 1.41. The quantitative estimate of drug-likeness (QED) is 0.669. The molecule has 3 nitrogen and oxygen atoms in total. The van der Waals surface area contributed by atoms with Crippen molar-refractivity contribution >= 4 is 5.78 Å². The van der Waals surface area contributed by atoms with E-state index in [2.05, 4.69) is 23.4 Å². The maximum absolute atomic E-state index is 11.1. The molecular weight excluding hydrogens is 164 g/mol. The summed E-state index contributed by atoms with van der Waals surface area (Å²) in [5.41, 5.74) is 1.57. The largest absolute Gasteiger partial charge is 0.331 e. The lowest BCUT2D eigenvalue weighted by Crippen LogP contribution is -2.05. The van der Waals surface area contributed by atoms with Crippen LogP contribution in [0.4, 0.5) is 0 Å². The number of carbonyl (C=O) groups excluding carboxylic acids is 1. The zero-order chi connectivity index (χ0) is 10.0. The number of imidazole rings is 1. The topological polar surface area (TPSA) is 34.9 Å². The molecular formula is C10H16N2O. The molecule has 13 heavy (non-hydrogen) atoms. The minimum Gasteiger partial charge on any atom is -0.331 e. The van der Waals surface area contributed by atoms with Gasteiger partial charge in [-0.3, -0.25) is 4.79 Å². The molecule has 3 heteroatoms. The maximum Gasteiger partial charge on any atom is 0.179 e. The highest BCUT2D eigenvalue weighted by Gasteiger charge is 2.12. The maximum atomic E-state index is 11.1. The van der Waals surface area contributed by atoms with Crippen LogP contribution in [0.25, 0.3) is 0 Å². The standard InChI is InChI=1S/C10H16N2O/c1-5-7(2)12-6-11-10(8(12)3)9(4)13/h6-7H,5H2,1-4H3/t7-/m1/s1. The highest BCUT2D eigenvalue weighted by Crippen LogP contribution is 2.15. The van der Waals surface area contributed by atoms with Gasteiger partial charge in [0.25, 0.3) is 0 Å². The average molecular weight is 180 g/mol. The predicted molar refractivity (Wildman–Crippen MR) is 52.0 cm³/mol. The summed E-state index contributed by atoms with van der Waals surface area (Å²) in [6, 6.07) is 0.417. The van der Waals surface area contributed by atoms with Crippen LogP contribution in [0.15, 0.2) is 6.33 Å². The van der Waals surface area contributed by atoms with Crippen molar-refractivity contribution in [3.8, 4) is 0 Å². The van der Waals surface area contributed by atoms with Crippen LogP contribution >= 0.6 is 0 Å². The number of ketones is 1. The fourth-order valence-corrected chi connectivity index (χ4v) is 1.41. The van der Waals surface area contributed by atoms with Gasteiger partial charge in [0.15, 0.2) is 5.78 Å². The normalized spacial score (nSPS) is 12.9. The molecule has 1 rings (SSSR count). The molecule has 0 unspecified atom stereocenters. The molecule has 0 N–H and O–H groups in total. The first kappa shape index (κ1) is 9.96. The van der Waals surface area contributed by atoms with Crippen LogP contribution < -0.4 is 0 Å². The zero-order valence-electron chi connectivity index (χ0n) is 8.66. The van der Waals surface area contributed by atoms with Gasteiger partial charge in [0.05, 0.1) is 6.33 Å². The summed E-state index contributed by atoms with van der Waals surface area (Å²) >= 11 is 0. The molecule has 0 aliphatic rings. The summed E-state index contributed by atoms with van der Waals surface area (Å²) in [5.74, 6) is 0.0413. The second-order valence-corrected chi connectivity index (χ2v) is 3.40. The lowest BCUT2D eigenvalue weighted by molar-refractivity contribution is 0.101. The van der Waals surface area contributed by atoms with Gasteiger partial charge in [-0.25, -0.2) is 4.98 Å². The Balaban J connectivity index is 3.06. The molecule has 0 amide bonds. The summed E-state index contributed by atoms with van der Waals surface area (Å²) in [6.45, 7) is 7.74. The van der Waals surface area contributed by atoms with E-state index in [4.69, 9.17) is 0 Å². The summed E-state index contributed by atoms with van der Waals surface area (Å²) in [6.07, 6.45) is 2.80. The van der Waals surface area contributed by atoms with Gasteiger partial charge in [-0.1, -0.05) is 6.92 Å². The first-order chi connectivity index (χ1) is 6.07. The third kappa shape index (κ3) is 1.79. The van der Waals surface area contributed by atoms with Crippen molar-refractivity contribution in [2.24, 2.45) is 0 Å². The van der Waals surface area contributed by atoms with Gasteiger partial charge >= 0.3 is 0 Å². The monoisotopic (exact) mass is 180 g/mol. The van der Waals surface area contributed by atoms with Gasteiger partial charge < -0.3 is 4.57 Å². The Kier molecular flexibility index (Phi) is 2.86. The Bertz CT molecular complexity index is 315. The van der Waals surface area contributed by atoms with Crippen LogP contribution in [0.1, 0.15) is 49.4 Å². The molecule has 1 heterocycles. The summed E-state index contributed by atoms with van der Waals surface area (Å²) in [5, 5.41) is 0. The minimum absolute atomic E-state index is 0.0413. The highest BCUT2D eigenvalue weighted by molar-refractivity contribution is 5.93. The first-order valence-electron chi connectivity index (χ1n) is 4.62. The van der Waals surface area contributed by atoms with Gasteiger partial charge in [-0.15, -0.1) is 0 Å². The molecule has 0 aliphatic heterocycles. The smallest absolute Gasteiger partial charge is 0.179 e. The van der Waals surface area contributed by atoms with E-state index >= 15 is 0 Å². The Labute approximate surface area is 78.8 Å². The molecule has 0 spiro atoms. The molecule has 0 fully saturated rings. The van der Waals surface area contributed by atoms with Gasteiger partial charge in [0.1, 0.15) is 5.69 Å². The van der Waals surface area contributed by atoms with Crippen molar-refractivity contribution in [3.05, 3.63) is 17.7 Å². The van der Waals surface area contributed by atoms with E-state index in [0.717, 1.165) is 12.1 Å². The number of hydrogen-bond donors (Lipinski definition) is 0. The summed E-state index contributed by atoms with van der Waals surface area (Å²) < 4.78 is 2.05. The number of nitrogens with zero attached hydrogens (tertiary/aromatic N) is 2. The molecule has 0 aromatic carbocycles. The molecule has 1 atom stereocenters. The second-order valence-electron chi connectivity index (χ2n) is 3.40. The molecule has 1 aromatic heterocycles. The zero-order valence-corrected chi connectivity index (χ0v) is 8.66. The van der Waals surface area contributed by atoms with Crippen LogP contribution in [-0.4, -0.2) is 15.3 Å². The third-order valence-corrected chi connectivity index (χ3v) is 2.44. The SMILES string of the molecule is CC[C@@H](C)n1cnc(C(C)=O)c1C. The van der Waals surface area contributed by atoms with Crippen molar-refractivity contribution in [1.82, 2.24) is 9.55 Å². The summed E-state index contributed by atoms with van der Waals surface area (Å²) in [7, 11) is 0. The lowest BCUT2D eigenvalue weighted by Gasteiger charge is -2.12. The minimum atomic E-state index is 0.0413. The van der Waals surface area contributed by atoms with E-state index in [0.29, 0.717) is 11.7 Å². The number of rotatable bonds is 3. The van der Waals surface area contributed by atoms with Crippen molar-refractivity contribution in [3.63, 3.8) is 0 Å². The number of carbonyl (C=O) groups is 1. The molecule has 0 aliphatic carbocycles. The fraction of sp³-hybridized carbons (Fsp3) is 0.600. The molecule has 0 bridgehead atoms. The second kappa shape index (κ2) is 3.73. The molecule has 0 saturated carbocycles. The van der Waals surface area contributed by atoms with Gasteiger partial charge in [-0.2, -0.15) is 0 Å².